The van der Waals surface area contributed by atoms with E-state index in [2.05, 4.69) is 0 Å². The van der Waals surface area contributed by atoms with Gasteiger partial charge < -0.3 is 9.64 Å². The first-order chi connectivity index (χ1) is 14.4. The summed E-state index contributed by atoms with van der Waals surface area (Å²) in [5, 5.41) is 0.272. The second-order valence-electron chi connectivity index (χ2n) is 7.24. The lowest BCUT2D eigenvalue weighted by Crippen LogP contribution is -2.28. The summed E-state index contributed by atoms with van der Waals surface area (Å²) >= 11 is 6.08. The number of nitrogens with zero attached hydrogens (tertiary/aromatic N) is 1. The second-order valence-corrected chi connectivity index (χ2v) is 7.65. The van der Waals surface area contributed by atoms with Crippen LogP contribution in [0.5, 0.6) is 0 Å². The number of fused-ring (bicyclic) bond motifs is 1. The number of carbonyl (C=O) groups is 2. The first-order valence-electron chi connectivity index (χ1n) is 9.51. The molecule has 0 saturated carbocycles. The van der Waals surface area contributed by atoms with Gasteiger partial charge >= 0.3 is 5.97 Å². The molecule has 1 unspecified atom stereocenters. The summed E-state index contributed by atoms with van der Waals surface area (Å²) in [4.78, 5) is 26.8. The summed E-state index contributed by atoms with van der Waals surface area (Å²) in [5.41, 5.74) is 2.80. The third-order valence-corrected chi connectivity index (χ3v) is 5.56. The zero-order valence-corrected chi connectivity index (χ0v) is 17.0. The molecule has 6 heteroatoms. The molecule has 0 aromatic heterocycles. The van der Waals surface area contributed by atoms with Crippen LogP contribution < -0.4 is 0 Å². The molecular weight excluding hydrogens is 405 g/mol. The van der Waals surface area contributed by atoms with Gasteiger partial charge in [0.15, 0.2) is 0 Å². The molecule has 30 heavy (non-hydrogen) atoms. The monoisotopic (exact) mass is 423 g/mol. The topological polar surface area (TPSA) is 46.6 Å². The standard InChI is InChI=1S/C24H19ClFNO3/c1-27(14-19-20(25)8-5-9-21(19)26)23(28)16-10-11-18-17(12-16)13-22(30-24(18)29)15-6-3-2-4-7-15/h2-12,22H,13-14H2,1H3. The van der Waals surface area contributed by atoms with E-state index in [-0.39, 0.29) is 23.0 Å². The molecule has 1 aliphatic heterocycles. The van der Waals surface area contributed by atoms with Crippen LogP contribution in [0.3, 0.4) is 0 Å². The molecule has 0 fully saturated rings. The normalized spacial score (nSPS) is 15.3. The molecule has 152 valence electrons. The minimum atomic E-state index is -0.457. The summed E-state index contributed by atoms with van der Waals surface area (Å²) in [6, 6.07) is 18.8. The van der Waals surface area contributed by atoms with Crippen LogP contribution in [0.1, 0.15) is 43.5 Å². The van der Waals surface area contributed by atoms with Crippen molar-refractivity contribution in [2.45, 2.75) is 19.1 Å². The van der Waals surface area contributed by atoms with Crippen LogP contribution >= 0.6 is 11.6 Å². The lowest BCUT2D eigenvalue weighted by Gasteiger charge is -2.26. The SMILES string of the molecule is CN(Cc1c(F)cccc1Cl)C(=O)c1ccc2c(c1)CC(c1ccccc1)OC2=O. The molecule has 0 bridgehead atoms. The van der Waals surface area contributed by atoms with Crippen molar-refractivity contribution in [2.24, 2.45) is 0 Å². The van der Waals surface area contributed by atoms with E-state index < -0.39 is 17.9 Å². The number of esters is 1. The van der Waals surface area contributed by atoms with Crippen LogP contribution in [0.25, 0.3) is 0 Å². The van der Waals surface area contributed by atoms with Crippen LogP contribution in [0, 0.1) is 5.82 Å². The quantitative estimate of drug-likeness (QED) is 0.541. The number of ether oxygens (including phenoxy) is 1. The van der Waals surface area contributed by atoms with E-state index in [1.807, 2.05) is 30.3 Å². The lowest BCUT2D eigenvalue weighted by molar-refractivity contribution is 0.0252. The van der Waals surface area contributed by atoms with Gasteiger partial charge in [-0.2, -0.15) is 0 Å². The van der Waals surface area contributed by atoms with Crippen molar-refractivity contribution in [2.75, 3.05) is 7.05 Å². The lowest BCUT2D eigenvalue weighted by atomic mass is 9.93. The Morgan fingerprint density at radius 1 is 1.13 bits per heavy atom. The third-order valence-electron chi connectivity index (χ3n) is 5.20. The van der Waals surface area contributed by atoms with Gasteiger partial charge in [0, 0.05) is 36.2 Å². The molecule has 0 aliphatic carbocycles. The Bertz CT molecular complexity index is 1100. The maximum absolute atomic E-state index is 14.1. The Kier molecular flexibility index (Phi) is 5.55. The smallest absolute Gasteiger partial charge is 0.339 e. The van der Waals surface area contributed by atoms with Gasteiger partial charge in [-0.05, 0) is 41.5 Å². The number of hydrogen-bond acceptors (Lipinski definition) is 3. The fourth-order valence-corrected chi connectivity index (χ4v) is 3.82. The van der Waals surface area contributed by atoms with Crippen LogP contribution in [-0.4, -0.2) is 23.8 Å². The summed E-state index contributed by atoms with van der Waals surface area (Å²) in [7, 11) is 1.59. The van der Waals surface area contributed by atoms with Crippen molar-refractivity contribution in [1.29, 1.82) is 0 Å². The Morgan fingerprint density at radius 2 is 1.90 bits per heavy atom. The molecule has 1 aliphatic rings. The molecule has 3 aromatic rings. The summed E-state index contributed by atoms with van der Waals surface area (Å²) in [5.74, 6) is -1.15. The highest BCUT2D eigenvalue weighted by Crippen LogP contribution is 2.31. The second kappa shape index (κ2) is 8.28. The number of rotatable bonds is 4. The summed E-state index contributed by atoms with van der Waals surface area (Å²) in [6.45, 7) is 0.0378. The number of hydrogen-bond donors (Lipinski definition) is 0. The molecule has 1 heterocycles. The predicted molar refractivity (Wildman–Crippen MR) is 112 cm³/mol. The van der Waals surface area contributed by atoms with Crippen molar-refractivity contribution in [3.8, 4) is 0 Å². The van der Waals surface area contributed by atoms with E-state index in [0.717, 1.165) is 11.1 Å². The van der Waals surface area contributed by atoms with E-state index in [1.54, 1.807) is 31.3 Å². The first kappa shape index (κ1) is 20.1. The van der Waals surface area contributed by atoms with E-state index in [1.165, 1.54) is 17.0 Å². The minimum absolute atomic E-state index is 0.0378. The molecule has 1 atom stereocenters. The molecule has 0 N–H and O–H groups in total. The molecule has 0 spiro atoms. The maximum Gasteiger partial charge on any atom is 0.339 e. The fraction of sp³-hybridized carbons (Fsp3) is 0.167. The number of carbonyl (C=O) groups excluding carboxylic acids is 2. The molecule has 0 saturated heterocycles. The third kappa shape index (κ3) is 3.94. The van der Waals surface area contributed by atoms with E-state index in [9.17, 15) is 14.0 Å². The van der Waals surface area contributed by atoms with Crippen molar-refractivity contribution in [3.05, 3.63) is 105 Å². The van der Waals surface area contributed by atoms with Crippen molar-refractivity contribution in [3.63, 3.8) is 0 Å². The highest BCUT2D eigenvalue weighted by atomic mass is 35.5. The molecular formula is C24H19ClFNO3. The van der Waals surface area contributed by atoms with Crippen molar-refractivity contribution in [1.82, 2.24) is 4.90 Å². The Morgan fingerprint density at radius 3 is 2.63 bits per heavy atom. The first-order valence-corrected chi connectivity index (χ1v) is 9.89. The van der Waals surface area contributed by atoms with Crippen LogP contribution in [-0.2, 0) is 17.7 Å². The van der Waals surface area contributed by atoms with Gasteiger partial charge in [-0.25, -0.2) is 9.18 Å². The van der Waals surface area contributed by atoms with Crippen molar-refractivity contribution < 1.29 is 18.7 Å². The van der Waals surface area contributed by atoms with Gasteiger partial charge in [0.2, 0.25) is 0 Å². The zero-order valence-electron chi connectivity index (χ0n) is 16.3. The van der Waals surface area contributed by atoms with E-state index in [0.29, 0.717) is 17.5 Å². The van der Waals surface area contributed by atoms with E-state index in [4.69, 9.17) is 16.3 Å². The van der Waals surface area contributed by atoms with Gasteiger partial charge in [0.1, 0.15) is 11.9 Å². The fourth-order valence-electron chi connectivity index (χ4n) is 3.60. The highest BCUT2D eigenvalue weighted by Gasteiger charge is 2.28. The molecule has 1 amide bonds. The maximum atomic E-state index is 14.1. The number of amides is 1. The Hall–Kier alpha value is -3.18. The van der Waals surface area contributed by atoms with Crippen LogP contribution in [0.2, 0.25) is 5.02 Å². The minimum Gasteiger partial charge on any atom is -0.454 e. The molecule has 3 aromatic carbocycles. The van der Waals surface area contributed by atoms with Gasteiger partial charge in [0.25, 0.3) is 5.91 Å². The average Bonchev–Trinajstić information content (AvgIpc) is 2.76. The van der Waals surface area contributed by atoms with Crippen molar-refractivity contribution >= 4 is 23.5 Å². The molecule has 4 nitrogen and oxygen atoms in total. The highest BCUT2D eigenvalue weighted by molar-refractivity contribution is 6.31. The van der Waals surface area contributed by atoms with Gasteiger partial charge in [-0.3, -0.25) is 4.79 Å². The predicted octanol–water partition coefficient (Wildman–Crippen LogP) is 5.21. The zero-order chi connectivity index (χ0) is 21.3. The van der Waals surface area contributed by atoms with E-state index >= 15 is 0 Å². The average molecular weight is 424 g/mol. The van der Waals surface area contributed by atoms with Gasteiger partial charge in [-0.15, -0.1) is 0 Å². The van der Waals surface area contributed by atoms with Crippen LogP contribution in [0.15, 0.2) is 66.7 Å². The van der Waals surface area contributed by atoms with Crippen LogP contribution in [0.4, 0.5) is 4.39 Å². The number of benzene rings is 3. The Labute approximate surface area is 178 Å². The number of cyclic esters (lactones) is 1. The summed E-state index contributed by atoms with van der Waals surface area (Å²) < 4.78 is 19.6. The summed E-state index contributed by atoms with van der Waals surface area (Å²) in [6.07, 6.45) is 0.0845. The largest absolute Gasteiger partial charge is 0.454 e. The van der Waals surface area contributed by atoms with Gasteiger partial charge in [-0.1, -0.05) is 48.0 Å². The Balaban J connectivity index is 1.57. The number of halogens is 2. The van der Waals surface area contributed by atoms with Gasteiger partial charge in [0.05, 0.1) is 5.56 Å². The molecule has 4 rings (SSSR count). The molecule has 0 radical (unpaired) electrons.